The zero-order valence-corrected chi connectivity index (χ0v) is 11.5. The van der Waals surface area contributed by atoms with Crippen LogP contribution < -0.4 is 0 Å². The fourth-order valence-corrected chi connectivity index (χ4v) is 1.98. The van der Waals surface area contributed by atoms with Gasteiger partial charge in [-0.25, -0.2) is 0 Å². The Morgan fingerprint density at radius 3 is 2.20 bits per heavy atom. The summed E-state index contributed by atoms with van der Waals surface area (Å²) < 4.78 is 0. The molecule has 0 aromatic heterocycles. The molecular weight excluding hydrogens is 244 g/mol. The van der Waals surface area contributed by atoms with Gasteiger partial charge in [-0.2, -0.15) is 0 Å². The maximum Gasteiger partial charge on any atom is 0.0727 e. The quantitative estimate of drug-likeness (QED) is 0.773. The third-order valence-electron chi connectivity index (χ3n) is 3.10. The molecule has 1 heteroatoms. The second-order valence-electron chi connectivity index (χ2n) is 4.75. The van der Waals surface area contributed by atoms with Crippen LogP contribution in [0.4, 0.5) is 0 Å². The van der Waals surface area contributed by atoms with Crippen molar-refractivity contribution in [2.24, 2.45) is 0 Å². The molecule has 0 saturated carbocycles. The highest BCUT2D eigenvalue weighted by Crippen LogP contribution is 2.06. The first-order valence-electron chi connectivity index (χ1n) is 6.96. The minimum atomic E-state index is -0.393. The standard InChI is InChI=1S/C19H20O/c20-19(16-15-18-11-5-2-6-12-18)14-8-7-13-17-9-3-1-4-10-17/h1-14,19-20H,15-16H2/b13-7-,14-8+. The van der Waals surface area contributed by atoms with Gasteiger partial charge in [0.2, 0.25) is 0 Å². The normalized spacial score (nSPS) is 13.1. The number of benzene rings is 2. The largest absolute Gasteiger partial charge is 0.389 e. The van der Waals surface area contributed by atoms with Crippen LogP contribution in [0.25, 0.3) is 6.08 Å². The lowest BCUT2D eigenvalue weighted by atomic mass is 10.1. The van der Waals surface area contributed by atoms with Crippen molar-refractivity contribution < 1.29 is 5.11 Å². The van der Waals surface area contributed by atoms with Gasteiger partial charge >= 0.3 is 0 Å². The van der Waals surface area contributed by atoms with Crippen LogP contribution in [0.5, 0.6) is 0 Å². The van der Waals surface area contributed by atoms with E-state index in [4.69, 9.17) is 0 Å². The molecule has 0 aliphatic heterocycles. The Morgan fingerprint density at radius 1 is 0.850 bits per heavy atom. The molecule has 1 atom stereocenters. The lowest BCUT2D eigenvalue weighted by Crippen LogP contribution is -2.03. The van der Waals surface area contributed by atoms with Gasteiger partial charge in [-0.05, 0) is 24.0 Å². The predicted molar refractivity (Wildman–Crippen MR) is 85.4 cm³/mol. The lowest BCUT2D eigenvalue weighted by molar-refractivity contribution is 0.213. The number of aryl methyl sites for hydroxylation is 1. The summed E-state index contributed by atoms with van der Waals surface area (Å²) in [7, 11) is 0. The van der Waals surface area contributed by atoms with Crippen molar-refractivity contribution in [3.8, 4) is 0 Å². The van der Waals surface area contributed by atoms with Gasteiger partial charge in [0, 0.05) is 0 Å². The molecule has 0 spiro atoms. The summed E-state index contributed by atoms with van der Waals surface area (Å²) in [5.74, 6) is 0. The molecule has 0 aliphatic carbocycles. The number of hydrogen-bond acceptors (Lipinski definition) is 1. The van der Waals surface area contributed by atoms with Gasteiger partial charge < -0.3 is 5.11 Å². The molecule has 2 aromatic carbocycles. The minimum absolute atomic E-state index is 0.393. The molecule has 0 amide bonds. The maximum atomic E-state index is 9.89. The molecule has 0 heterocycles. The van der Waals surface area contributed by atoms with E-state index in [0.29, 0.717) is 0 Å². The molecule has 1 nitrogen and oxygen atoms in total. The maximum absolute atomic E-state index is 9.89. The van der Waals surface area contributed by atoms with Crippen molar-refractivity contribution in [2.75, 3.05) is 0 Å². The Kier molecular flexibility index (Phi) is 5.81. The molecule has 102 valence electrons. The van der Waals surface area contributed by atoms with Crippen LogP contribution in [0.1, 0.15) is 17.5 Å². The van der Waals surface area contributed by atoms with Gasteiger partial charge in [-0.15, -0.1) is 0 Å². The number of aliphatic hydroxyl groups is 1. The van der Waals surface area contributed by atoms with Crippen molar-refractivity contribution in [1.82, 2.24) is 0 Å². The molecule has 2 rings (SSSR count). The molecule has 0 bridgehead atoms. The van der Waals surface area contributed by atoms with E-state index < -0.39 is 6.10 Å². The monoisotopic (exact) mass is 264 g/mol. The highest BCUT2D eigenvalue weighted by atomic mass is 16.3. The molecule has 20 heavy (non-hydrogen) atoms. The highest BCUT2D eigenvalue weighted by Gasteiger charge is 1.99. The van der Waals surface area contributed by atoms with Crippen molar-refractivity contribution >= 4 is 6.08 Å². The first-order chi connectivity index (χ1) is 9.84. The molecule has 2 aromatic rings. The zero-order chi connectivity index (χ0) is 14.0. The van der Waals surface area contributed by atoms with Crippen molar-refractivity contribution in [1.29, 1.82) is 0 Å². The summed E-state index contributed by atoms with van der Waals surface area (Å²) >= 11 is 0. The predicted octanol–water partition coefficient (Wildman–Crippen LogP) is 4.25. The first kappa shape index (κ1) is 14.3. The average molecular weight is 264 g/mol. The van der Waals surface area contributed by atoms with E-state index >= 15 is 0 Å². The summed E-state index contributed by atoms with van der Waals surface area (Å²) in [6, 6.07) is 20.4. The third-order valence-corrected chi connectivity index (χ3v) is 3.10. The number of rotatable bonds is 6. The molecular formula is C19H20O. The third kappa shape index (κ3) is 5.25. The first-order valence-corrected chi connectivity index (χ1v) is 6.96. The van der Waals surface area contributed by atoms with E-state index in [1.165, 1.54) is 5.56 Å². The van der Waals surface area contributed by atoms with E-state index in [-0.39, 0.29) is 0 Å². The van der Waals surface area contributed by atoms with Crippen LogP contribution in [0.2, 0.25) is 0 Å². The summed E-state index contributed by atoms with van der Waals surface area (Å²) in [5.41, 5.74) is 2.43. The molecule has 0 saturated heterocycles. The SMILES string of the molecule is OC(/C=C/C=C\c1ccccc1)CCc1ccccc1. The van der Waals surface area contributed by atoms with E-state index in [9.17, 15) is 5.11 Å². The van der Waals surface area contributed by atoms with Crippen LogP contribution in [0, 0.1) is 0 Å². The van der Waals surface area contributed by atoms with E-state index in [1.807, 2.05) is 60.7 Å². The second kappa shape index (κ2) is 8.13. The topological polar surface area (TPSA) is 20.2 Å². The van der Waals surface area contributed by atoms with E-state index in [0.717, 1.165) is 18.4 Å². The summed E-state index contributed by atoms with van der Waals surface area (Å²) in [5, 5.41) is 9.89. The van der Waals surface area contributed by atoms with Crippen LogP contribution in [-0.4, -0.2) is 11.2 Å². The Labute approximate surface area is 120 Å². The molecule has 0 radical (unpaired) electrons. The van der Waals surface area contributed by atoms with Crippen LogP contribution in [-0.2, 0) is 6.42 Å². The summed E-state index contributed by atoms with van der Waals surface area (Å²) in [6.07, 6.45) is 8.98. The second-order valence-corrected chi connectivity index (χ2v) is 4.75. The number of aliphatic hydroxyl groups excluding tert-OH is 1. The van der Waals surface area contributed by atoms with Gasteiger partial charge in [0.1, 0.15) is 0 Å². The molecule has 0 fully saturated rings. The van der Waals surface area contributed by atoms with Crippen LogP contribution in [0.3, 0.4) is 0 Å². The van der Waals surface area contributed by atoms with Crippen LogP contribution >= 0.6 is 0 Å². The van der Waals surface area contributed by atoms with Gasteiger partial charge in [0.25, 0.3) is 0 Å². The Morgan fingerprint density at radius 2 is 1.50 bits per heavy atom. The number of hydrogen-bond donors (Lipinski definition) is 1. The smallest absolute Gasteiger partial charge is 0.0727 e. The van der Waals surface area contributed by atoms with Crippen molar-refractivity contribution in [3.05, 3.63) is 90.0 Å². The Balaban J connectivity index is 1.75. The Hall–Kier alpha value is -2.12. The van der Waals surface area contributed by atoms with Gasteiger partial charge in [0.05, 0.1) is 6.10 Å². The zero-order valence-electron chi connectivity index (χ0n) is 11.5. The number of allylic oxidation sites excluding steroid dienone is 2. The molecule has 0 aliphatic rings. The molecule has 1 N–H and O–H groups in total. The van der Waals surface area contributed by atoms with Crippen molar-refractivity contribution in [3.63, 3.8) is 0 Å². The minimum Gasteiger partial charge on any atom is -0.389 e. The van der Waals surface area contributed by atoms with Gasteiger partial charge in [0.15, 0.2) is 0 Å². The Bertz CT molecular complexity index is 540. The fraction of sp³-hybridized carbons (Fsp3) is 0.158. The van der Waals surface area contributed by atoms with E-state index in [1.54, 1.807) is 0 Å². The van der Waals surface area contributed by atoms with Crippen LogP contribution in [0.15, 0.2) is 78.9 Å². The fourth-order valence-electron chi connectivity index (χ4n) is 1.98. The average Bonchev–Trinajstić information content (AvgIpc) is 2.52. The van der Waals surface area contributed by atoms with Gasteiger partial charge in [-0.3, -0.25) is 0 Å². The summed E-state index contributed by atoms with van der Waals surface area (Å²) in [6.45, 7) is 0. The van der Waals surface area contributed by atoms with E-state index in [2.05, 4.69) is 24.3 Å². The lowest BCUT2D eigenvalue weighted by Gasteiger charge is -2.04. The highest BCUT2D eigenvalue weighted by molar-refractivity contribution is 5.50. The van der Waals surface area contributed by atoms with Gasteiger partial charge in [-0.1, -0.05) is 85.0 Å². The molecule has 1 unspecified atom stereocenters. The summed E-state index contributed by atoms with van der Waals surface area (Å²) in [4.78, 5) is 0. The van der Waals surface area contributed by atoms with Crippen molar-refractivity contribution in [2.45, 2.75) is 18.9 Å².